The van der Waals surface area contributed by atoms with Gasteiger partial charge in [-0.1, -0.05) is 335 Å². The highest BCUT2D eigenvalue weighted by Crippen LogP contribution is 2.38. The lowest BCUT2D eigenvalue weighted by Gasteiger charge is -2.30. The SMILES string of the molecule is CCCCCCCCCCCCCCCCCCCCCCCCCCCCCCCCCCCC(O)C(COP(=O)([O-])OCC[N+](C)(C)C)NC(=O)CCCCCCCCCCCCCCCCCCCC. The van der Waals surface area contributed by atoms with E-state index >= 15 is 0 Å². The summed E-state index contributed by atoms with van der Waals surface area (Å²) in [5.74, 6) is -0.156. The van der Waals surface area contributed by atoms with Crippen LogP contribution in [0.25, 0.3) is 0 Å². The molecule has 0 aromatic rings. The number of hydrogen-bond donors (Lipinski definition) is 2. The average molecular weight is 1060 g/mol. The molecule has 2 N–H and O–H groups in total. The Hall–Kier alpha value is -0.500. The summed E-state index contributed by atoms with van der Waals surface area (Å²) in [4.78, 5) is 25.6. The average Bonchev–Trinajstić information content (AvgIpc) is 3.35. The van der Waals surface area contributed by atoms with Gasteiger partial charge in [0.05, 0.1) is 39.9 Å². The summed E-state index contributed by atoms with van der Waals surface area (Å²) < 4.78 is 23.5. The Kier molecular flexibility index (Phi) is 55.8. The quantitative estimate of drug-likeness (QED) is 0.0357. The lowest BCUT2D eigenvalue weighted by Crippen LogP contribution is -2.46. The van der Waals surface area contributed by atoms with E-state index in [1.165, 1.54) is 289 Å². The maximum Gasteiger partial charge on any atom is 0.268 e. The lowest BCUT2D eigenvalue weighted by atomic mass is 10.0. The number of aliphatic hydroxyl groups excluding tert-OH is 1. The number of carbonyl (C=O) groups is 1. The van der Waals surface area contributed by atoms with Crippen molar-refractivity contribution in [1.29, 1.82) is 0 Å². The van der Waals surface area contributed by atoms with Crippen LogP contribution in [0.1, 0.15) is 354 Å². The molecule has 0 aliphatic rings. The van der Waals surface area contributed by atoms with Crippen molar-refractivity contribution >= 4 is 13.7 Å². The fourth-order valence-corrected chi connectivity index (χ4v) is 11.2. The first-order valence-electron chi connectivity index (χ1n) is 32.9. The Morgan fingerprint density at radius 3 is 0.932 bits per heavy atom. The standard InChI is InChI=1S/C64H131N2O6P/c1-6-8-10-12-14-16-18-20-22-24-26-27-28-29-30-31-32-33-34-35-36-37-38-39-40-41-43-45-47-49-51-53-55-57-63(67)62(61-72-73(69,70)71-60-59-66(3,4)5)65-64(68)58-56-54-52-50-48-46-44-42-25-23-21-19-17-15-13-11-9-7-2/h62-63,67H,6-61H2,1-5H3,(H-,65,68,69,70). The van der Waals surface area contributed by atoms with Gasteiger partial charge in [0, 0.05) is 6.42 Å². The number of quaternary nitrogens is 1. The molecule has 0 saturated heterocycles. The van der Waals surface area contributed by atoms with Crippen molar-refractivity contribution in [3.8, 4) is 0 Å². The van der Waals surface area contributed by atoms with Crippen LogP contribution in [-0.4, -0.2) is 68.5 Å². The molecule has 8 nitrogen and oxygen atoms in total. The topological polar surface area (TPSA) is 108 Å². The monoisotopic (exact) mass is 1050 g/mol. The molecule has 0 aromatic carbocycles. The number of phosphoric acid groups is 1. The molecule has 1 amide bonds. The fourth-order valence-electron chi connectivity index (χ4n) is 10.5. The van der Waals surface area contributed by atoms with Crippen LogP contribution in [0.15, 0.2) is 0 Å². The van der Waals surface area contributed by atoms with Gasteiger partial charge in [-0.15, -0.1) is 0 Å². The van der Waals surface area contributed by atoms with Crippen LogP contribution < -0.4 is 10.2 Å². The molecule has 0 aliphatic heterocycles. The van der Waals surface area contributed by atoms with Crippen molar-refractivity contribution in [2.45, 2.75) is 366 Å². The van der Waals surface area contributed by atoms with Gasteiger partial charge < -0.3 is 28.8 Å². The largest absolute Gasteiger partial charge is 0.756 e. The first-order chi connectivity index (χ1) is 35.5. The second kappa shape index (κ2) is 56.2. The van der Waals surface area contributed by atoms with E-state index in [9.17, 15) is 19.4 Å². The van der Waals surface area contributed by atoms with Crippen molar-refractivity contribution in [3.05, 3.63) is 0 Å². The van der Waals surface area contributed by atoms with E-state index < -0.39 is 20.0 Å². The number of carbonyl (C=O) groups excluding carboxylic acids is 1. The molecular formula is C64H131N2O6P. The van der Waals surface area contributed by atoms with E-state index in [-0.39, 0.29) is 19.1 Å². The summed E-state index contributed by atoms with van der Waals surface area (Å²) in [7, 11) is 1.33. The minimum Gasteiger partial charge on any atom is -0.756 e. The smallest absolute Gasteiger partial charge is 0.268 e. The minimum atomic E-state index is -4.57. The predicted molar refractivity (Wildman–Crippen MR) is 316 cm³/mol. The Balaban J connectivity index is 3.96. The van der Waals surface area contributed by atoms with Crippen LogP contribution in [0, 0.1) is 0 Å². The van der Waals surface area contributed by atoms with E-state index in [0.717, 1.165) is 38.5 Å². The molecule has 0 saturated carbocycles. The summed E-state index contributed by atoms with van der Waals surface area (Å²) in [6, 6.07) is -0.796. The van der Waals surface area contributed by atoms with E-state index in [0.29, 0.717) is 23.9 Å². The number of amides is 1. The van der Waals surface area contributed by atoms with Crippen molar-refractivity contribution in [3.63, 3.8) is 0 Å². The van der Waals surface area contributed by atoms with Crippen LogP contribution in [0.3, 0.4) is 0 Å². The molecule has 0 fully saturated rings. The van der Waals surface area contributed by atoms with Crippen LogP contribution in [0.5, 0.6) is 0 Å². The highest BCUT2D eigenvalue weighted by Gasteiger charge is 2.24. The minimum absolute atomic E-state index is 0.0168. The van der Waals surface area contributed by atoms with Gasteiger partial charge in [-0.3, -0.25) is 9.36 Å². The molecule has 3 unspecified atom stereocenters. The number of unbranched alkanes of at least 4 members (excludes halogenated alkanes) is 49. The molecule has 438 valence electrons. The molecule has 0 heterocycles. The Bertz CT molecular complexity index is 1150. The summed E-state index contributed by atoms with van der Waals surface area (Å²) >= 11 is 0. The van der Waals surface area contributed by atoms with Crippen molar-refractivity contribution < 1.29 is 32.9 Å². The molecule has 9 heteroatoms. The molecule has 0 aliphatic carbocycles. The van der Waals surface area contributed by atoms with Crippen LogP contribution in [-0.2, 0) is 18.4 Å². The molecule has 0 spiro atoms. The number of likely N-dealkylation sites (N-methyl/N-ethyl adjacent to an activating group) is 1. The number of rotatable bonds is 62. The molecule has 3 atom stereocenters. The van der Waals surface area contributed by atoms with E-state index in [2.05, 4.69) is 19.2 Å². The molecule has 0 rings (SSSR count). The third-order valence-corrected chi connectivity index (χ3v) is 16.6. The normalized spacial score (nSPS) is 13.7. The maximum atomic E-state index is 13.0. The van der Waals surface area contributed by atoms with E-state index in [4.69, 9.17) is 9.05 Å². The number of nitrogens with one attached hydrogen (secondary N) is 1. The highest BCUT2D eigenvalue weighted by molar-refractivity contribution is 7.45. The zero-order valence-corrected chi connectivity index (χ0v) is 51.0. The van der Waals surface area contributed by atoms with Gasteiger partial charge in [-0.05, 0) is 12.8 Å². The highest BCUT2D eigenvalue weighted by atomic mass is 31.2. The second-order valence-electron chi connectivity index (χ2n) is 24.2. The second-order valence-corrected chi connectivity index (χ2v) is 25.6. The van der Waals surface area contributed by atoms with Crippen LogP contribution >= 0.6 is 7.82 Å². The molecule has 73 heavy (non-hydrogen) atoms. The zero-order valence-electron chi connectivity index (χ0n) is 50.1. The Morgan fingerprint density at radius 1 is 0.425 bits per heavy atom. The molecule has 0 bridgehead atoms. The van der Waals surface area contributed by atoms with Crippen LogP contribution in [0.2, 0.25) is 0 Å². The van der Waals surface area contributed by atoms with Gasteiger partial charge in [0.25, 0.3) is 7.82 Å². The van der Waals surface area contributed by atoms with Gasteiger partial charge in [0.1, 0.15) is 13.2 Å². The third-order valence-electron chi connectivity index (χ3n) is 15.6. The summed E-state index contributed by atoms with van der Waals surface area (Å²) in [6.07, 6.45) is 68.8. The zero-order chi connectivity index (χ0) is 53.5. The van der Waals surface area contributed by atoms with E-state index in [1.54, 1.807) is 0 Å². The van der Waals surface area contributed by atoms with Crippen molar-refractivity contribution in [2.24, 2.45) is 0 Å². The Labute approximate surface area is 457 Å². The third kappa shape index (κ3) is 59.0. The van der Waals surface area contributed by atoms with E-state index in [1.807, 2.05) is 21.1 Å². The first kappa shape index (κ1) is 72.5. The predicted octanol–water partition coefficient (Wildman–Crippen LogP) is 19.8. The van der Waals surface area contributed by atoms with Crippen molar-refractivity contribution in [2.75, 3.05) is 40.9 Å². The van der Waals surface area contributed by atoms with Gasteiger partial charge in [0.15, 0.2) is 0 Å². The van der Waals surface area contributed by atoms with Gasteiger partial charge >= 0.3 is 0 Å². The van der Waals surface area contributed by atoms with Gasteiger partial charge in [-0.25, -0.2) is 0 Å². The van der Waals surface area contributed by atoms with Gasteiger partial charge in [0.2, 0.25) is 5.91 Å². The van der Waals surface area contributed by atoms with Crippen molar-refractivity contribution in [1.82, 2.24) is 5.32 Å². The summed E-state index contributed by atoms with van der Waals surface area (Å²) in [5.41, 5.74) is 0. The number of aliphatic hydroxyl groups is 1. The molecular weight excluding hydrogens is 924 g/mol. The number of nitrogens with zero attached hydrogens (tertiary/aromatic N) is 1. The maximum absolute atomic E-state index is 13.0. The molecule has 0 radical (unpaired) electrons. The summed E-state index contributed by atoms with van der Waals surface area (Å²) in [6.45, 7) is 4.79. The number of phosphoric ester groups is 1. The van der Waals surface area contributed by atoms with Crippen LogP contribution in [0.4, 0.5) is 0 Å². The first-order valence-corrected chi connectivity index (χ1v) is 34.3. The van der Waals surface area contributed by atoms with Gasteiger partial charge in [-0.2, -0.15) is 0 Å². The Morgan fingerprint density at radius 2 is 0.671 bits per heavy atom. The number of hydrogen-bond acceptors (Lipinski definition) is 6. The fraction of sp³-hybridized carbons (Fsp3) is 0.984. The lowest BCUT2D eigenvalue weighted by molar-refractivity contribution is -0.870. The summed E-state index contributed by atoms with van der Waals surface area (Å²) in [5, 5.41) is 14.1. The molecule has 0 aromatic heterocycles.